The molecule has 5 nitrogen and oxygen atoms in total. The van der Waals surface area contributed by atoms with Crippen LogP contribution in [0.2, 0.25) is 0 Å². The van der Waals surface area contributed by atoms with Crippen molar-refractivity contribution in [2.24, 2.45) is 0 Å². The van der Waals surface area contributed by atoms with Gasteiger partial charge >= 0.3 is 0 Å². The molecule has 1 aromatic heterocycles. The van der Waals surface area contributed by atoms with Gasteiger partial charge in [0.2, 0.25) is 5.95 Å². The van der Waals surface area contributed by atoms with Crippen molar-refractivity contribution in [2.45, 2.75) is 26.8 Å². The van der Waals surface area contributed by atoms with Crippen LogP contribution in [0.15, 0.2) is 54.7 Å². The van der Waals surface area contributed by atoms with Crippen LogP contribution in [0.5, 0.6) is 0 Å². The summed E-state index contributed by atoms with van der Waals surface area (Å²) in [7, 11) is 0. The number of nitrogens with zero attached hydrogens (tertiary/aromatic N) is 3. The van der Waals surface area contributed by atoms with E-state index in [1.807, 2.05) is 24.3 Å². The molecule has 122 valence electrons. The quantitative estimate of drug-likeness (QED) is 0.716. The average Bonchev–Trinajstić information content (AvgIpc) is 2.62. The predicted octanol–water partition coefficient (Wildman–Crippen LogP) is 4.10. The third kappa shape index (κ3) is 4.07. The molecule has 24 heavy (non-hydrogen) atoms. The minimum absolute atomic E-state index is 0.481. The Morgan fingerprint density at radius 2 is 1.79 bits per heavy atom. The third-order valence-electron chi connectivity index (χ3n) is 3.90. The monoisotopic (exact) mass is 319 g/mol. The van der Waals surface area contributed by atoms with E-state index in [4.69, 9.17) is 0 Å². The Morgan fingerprint density at radius 1 is 1.00 bits per heavy atom. The van der Waals surface area contributed by atoms with Crippen LogP contribution < -0.4 is 10.6 Å². The van der Waals surface area contributed by atoms with Crippen LogP contribution >= 0.6 is 0 Å². The first-order valence-corrected chi connectivity index (χ1v) is 8.08. The molecule has 0 aliphatic rings. The Hall–Kier alpha value is -2.95. The van der Waals surface area contributed by atoms with Gasteiger partial charge in [-0.1, -0.05) is 43.3 Å². The molecule has 1 heterocycles. The molecular formula is C19H21N5. The van der Waals surface area contributed by atoms with Crippen molar-refractivity contribution in [3.63, 3.8) is 0 Å². The highest BCUT2D eigenvalue weighted by atomic mass is 15.3. The van der Waals surface area contributed by atoms with Gasteiger partial charge in [0.1, 0.15) is 0 Å². The number of benzene rings is 2. The highest BCUT2D eigenvalue weighted by Crippen LogP contribution is 2.15. The molecule has 0 bridgehead atoms. The molecule has 0 saturated heterocycles. The van der Waals surface area contributed by atoms with E-state index in [1.165, 1.54) is 16.7 Å². The van der Waals surface area contributed by atoms with Crippen LogP contribution in [0.25, 0.3) is 0 Å². The van der Waals surface area contributed by atoms with Crippen molar-refractivity contribution in [3.8, 4) is 0 Å². The lowest BCUT2D eigenvalue weighted by atomic mass is 10.1. The standard InChI is InChI=1S/C19H21N5/c1-3-15-8-10-17(11-9-15)22-19-23-18(13-21-24-19)20-12-16-7-5-4-6-14(16)2/h4-11,13H,3,12H2,1-2H3,(H2,20,22,23,24). The Bertz CT molecular complexity index is 799. The highest BCUT2D eigenvalue weighted by molar-refractivity contribution is 5.54. The molecule has 5 heteroatoms. The summed E-state index contributed by atoms with van der Waals surface area (Å²) in [6, 6.07) is 16.5. The fourth-order valence-electron chi connectivity index (χ4n) is 2.39. The Kier molecular flexibility index (Phi) is 5.01. The molecule has 0 saturated carbocycles. The minimum atomic E-state index is 0.481. The number of aromatic nitrogens is 3. The predicted molar refractivity (Wildman–Crippen MR) is 97.4 cm³/mol. The molecular weight excluding hydrogens is 298 g/mol. The smallest absolute Gasteiger partial charge is 0.249 e. The Balaban J connectivity index is 1.66. The number of rotatable bonds is 6. The van der Waals surface area contributed by atoms with E-state index < -0.39 is 0 Å². The van der Waals surface area contributed by atoms with E-state index in [0.29, 0.717) is 18.3 Å². The van der Waals surface area contributed by atoms with Gasteiger partial charge < -0.3 is 10.6 Å². The zero-order valence-corrected chi connectivity index (χ0v) is 14.0. The second-order valence-corrected chi connectivity index (χ2v) is 5.62. The fourth-order valence-corrected chi connectivity index (χ4v) is 2.39. The summed E-state index contributed by atoms with van der Waals surface area (Å²) < 4.78 is 0. The summed E-state index contributed by atoms with van der Waals surface area (Å²) in [5.74, 6) is 1.18. The van der Waals surface area contributed by atoms with E-state index >= 15 is 0 Å². The maximum atomic E-state index is 4.46. The van der Waals surface area contributed by atoms with Crippen molar-refractivity contribution in [3.05, 3.63) is 71.4 Å². The van der Waals surface area contributed by atoms with Crippen LogP contribution in [-0.4, -0.2) is 15.2 Å². The van der Waals surface area contributed by atoms with Crippen LogP contribution in [0.3, 0.4) is 0 Å². The molecule has 3 aromatic rings. The first-order chi connectivity index (χ1) is 11.7. The topological polar surface area (TPSA) is 62.7 Å². The van der Waals surface area contributed by atoms with Gasteiger partial charge in [0, 0.05) is 12.2 Å². The van der Waals surface area contributed by atoms with Crippen molar-refractivity contribution in [1.82, 2.24) is 15.2 Å². The maximum Gasteiger partial charge on any atom is 0.249 e. The molecule has 0 aliphatic heterocycles. The van der Waals surface area contributed by atoms with Crippen LogP contribution in [0, 0.1) is 6.92 Å². The van der Waals surface area contributed by atoms with E-state index in [-0.39, 0.29) is 0 Å². The number of hydrogen-bond donors (Lipinski definition) is 2. The van der Waals surface area contributed by atoms with Crippen molar-refractivity contribution >= 4 is 17.5 Å². The molecule has 2 N–H and O–H groups in total. The average molecular weight is 319 g/mol. The van der Waals surface area contributed by atoms with Gasteiger partial charge in [-0.3, -0.25) is 0 Å². The second-order valence-electron chi connectivity index (χ2n) is 5.62. The SMILES string of the molecule is CCc1ccc(Nc2nncc(NCc3ccccc3C)n2)cc1. The van der Waals surface area contributed by atoms with E-state index in [0.717, 1.165) is 12.1 Å². The number of aryl methyl sites for hydroxylation is 2. The molecule has 0 aliphatic carbocycles. The lowest BCUT2D eigenvalue weighted by Gasteiger charge is -2.09. The largest absolute Gasteiger partial charge is 0.365 e. The van der Waals surface area contributed by atoms with Gasteiger partial charge in [0.25, 0.3) is 0 Å². The lowest BCUT2D eigenvalue weighted by molar-refractivity contribution is 0.964. The fraction of sp³-hybridized carbons (Fsp3) is 0.211. The van der Waals surface area contributed by atoms with E-state index in [1.54, 1.807) is 6.20 Å². The van der Waals surface area contributed by atoms with Crippen LogP contribution in [0.4, 0.5) is 17.5 Å². The van der Waals surface area contributed by atoms with Gasteiger partial charge in [-0.25, -0.2) is 0 Å². The molecule has 0 unspecified atom stereocenters. The van der Waals surface area contributed by atoms with E-state index in [9.17, 15) is 0 Å². The summed E-state index contributed by atoms with van der Waals surface area (Å²) in [4.78, 5) is 4.46. The summed E-state index contributed by atoms with van der Waals surface area (Å²) in [5, 5.41) is 14.5. The van der Waals surface area contributed by atoms with Gasteiger partial charge in [-0.2, -0.15) is 10.1 Å². The van der Waals surface area contributed by atoms with Crippen LogP contribution in [0.1, 0.15) is 23.6 Å². The molecule has 2 aromatic carbocycles. The van der Waals surface area contributed by atoms with Gasteiger partial charge in [0.15, 0.2) is 5.82 Å². The second kappa shape index (κ2) is 7.55. The molecule has 0 fully saturated rings. The summed E-state index contributed by atoms with van der Waals surface area (Å²) >= 11 is 0. The number of nitrogens with one attached hydrogen (secondary N) is 2. The van der Waals surface area contributed by atoms with Crippen molar-refractivity contribution < 1.29 is 0 Å². The molecule has 0 atom stereocenters. The zero-order chi connectivity index (χ0) is 16.8. The summed E-state index contributed by atoms with van der Waals surface area (Å²) in [6.45, 7) is 4.94. The molecule has 0 radical (unpaired) electrons. The third-order valence-corrected chi connectivity index (χ3v) is 3.90. The first-order valence-electron chi connectivity index (χ1n) is 8.08. The minimum Gasteiger partial charge on any atom is -0.365 e. The van der Waals surface area contributed by atoms with Crippen molar-refractivity contribution in [2.75, 3.05) is 10.6 Å². The summed E-state index contributed by atoms with van der Waals surface area (Å²) in [6.07, 6.45) is 2.65. The van der Waals surface area contributed by atoms with Crippen LogP contribution in [-0.2, 0) is 13.0 Å². The Morgan fingerprint density at radius 3 is 2.54 bits per heavy atom. The van der Waals surface area contributed by atoms with Crippen molar-refractivity contribution in [1.29, 1.82) is 0 Å². The molecule has 3 rings (SSSR count). The first kappa shape index (κ1) is 15.9. The molecule has 0 spiro atoms. The van der Waals surface area contributed by atoms with E-state index in [2.05, 4.69) is 63.9 Å². The number of anilines is 3. The zero-order valence-electron chi connectivity index (χ0n) is 14.0. The number of hydrogen-bond acceptors (Lipinski definition) is 5. The Labute approximate surface area is 142 Å². The maximum absolute atomic E-state index is 4.46. The lowest BCUT2D eigenvalue weighted by Crippen LogP contribution is -2.06. The summed E-state index contributed by atoms with van der Waals surface area (Å²) in [5.41, 5.74) is 4.74. The highest BCUT2D eigenvalue weighted by Gasteiger charge is 2.03. The molecule has 0 amide bonds. The normalized spacial score (nSPS) is 10.4. The van der Waals surface area contributed by atoms with Gasteiger partial charge in [-0.05, 0) is 42.2 Å². The van der Waals surface area contributed by atoms with Gasteiger partial charge in [0.05, 0.1) is 6.20 Å². The van der Waals surface area contributed by atoms with Gasteiger partial charge in [-0.15, -0.1) is 5.10 Å².